The molecule has 19 nitrogen and oxygen atoms in total. The van der Waals surface area contributed by atoms with Crippen LogP contribution in [0.5, 0.6) is 34.5 Å². The molecular weight excluding hydrogens is 936 g/mol. The zero-order valence-corrected chi connectivity index (χ0v) is 40.0. The van der Waals surface area contributed by atoms with Gasteiger partial charge in [-0.1, -0.05) is 35.9 Å². The molecule has 0 aliphatic rings. The number of nitrogens with zero attached hydrogens (tertiary/aromatic N) is 1. The lowest BCUT2D eigenvalue weighted by atomic mass is 10.1. The van der Waals surface area contributed by atoms with Gasteiger partial charge >= 0.3 is 31.8 Å². The quantitative estimate of drug-likeness (QED) is 0.0343. The van der Waals surface area contributed by atoms with E-state index in [-0.39, 0.29) is 57.4 Å². The molecule has 5 rings (SSSR count). The van der Waals surface area contributed by atoms with Gasteiger partial charge in [-0.25, -0.2) is 24.3 Å². The second kappa shape index (κ2) is 24.2. The van der Waals surface area contributed by atoms with Crippen molar-refractivity contribution < 1.29 is 66.2 Å². The third kappa shape index (κ3) is 15.2. The van der Waals surface area contributed by atoms with E-state index in [0.29, 0.717) is 22.2 Å². The molecular formula is C45H50Cl2N5O14P. The molecule has 0 saturated heterocycles. The summed E-state index contributed by atoms with van der Waals surface area (Å²) < 4.78 is 58.4. The van der Waals surface area contributed by atoms with E-state index in [2.05, 4.69) is 25.8 Å². The number of esters is 2. The fourth-order valence-electron chi connectivity index (χ4n) is 5.84. The van der Waals surface area contributed by atoms with Crippen molar-refractivity contribution in [2.45, 2.75) is 72.4 Å². The number of benzene rings is 4. The number of imide groups is 1. The van der Waals surface area contributed by atoms with Crippen LogP contribution in [0.3, 0.4) is 0 Å². The first-order chi connectivity index (χ1) is 31.4. The first-order valence-electron chi connectivity index (χ1n) is 20.3. The third-order valence-corrected chi connectivity index (χ3v) is 11.0. The number of amides is 3. The van der Waals surface area contributed by atoms with Crippen LogP contribution in [-0.2, 0) is 35.0 Å². The average molecular weight is 987 g/mol. The Morgan fingerprint density at radius 2 is 1.34 bits per heavy atom. The lowest BCUT2D eigenvalue weighted by molar-refractivity contribution is -0.149. The minimum atomic E-state index is -4.36. The summed E-state index contributed by atoms with van der Waals surface area (Å²) in [5.41, 5.74) is 0.884. The van der Waals surface area contributed by atoms with Gasteiger partial charge in [0.15, 0.2) is 11.5 Å². The summed E-state index contributed by atoms with van der Waals surface area (Å²) in [5.74, 6) is -1.41. The Hall–Kier alpha value is -6.63. The first-order valence-corrected chi connectivity index (χ1v) is 22.3. The summed E-state index contributed by atoms with van der Waals surface area (Å²) in [6, 6.07) is 19.5. The van der Waals surface area contributed by atoms with Crippen LogP contribution in [-0.4, -0.2) is 73.5 Å². The minimum Gasteiger partial charge on any atom is -0.496 e. The Morgan fingerprint density at radius 3 is 1.94 bits per heavy atom. The van der Waals surface area contributed by atoms with Crippen molar-refractivity contribution in [3.63, 3.8) is 0 Å². The lowest BCUT2D eigenvalue weighted by Gasteiger charge is -2.27. The average Bonchev–Trinajstić information content (AvgIpc) is 3.26. The number of anilines is 1. The predicted molar refractivity (Wildman–Crippen MR) is 250 cm³/mol. The standard InChI is InChI=1S/C45H49ClN5O14P.ClH/c1-25(2)61-42(53)27(5)50-66(57,51-28(6)43(54)62-26(3)4)65-40-20-29(14-17-38(40)58-7)24-60-44(55)49-41(52)33-22-32-36(23-39(33)59-8)47-19-18-37(32)63-31-15-16-35(34(46)21-31)48-45(56)64-30-12-10-9-11-13-30;/h9-23,25-28H,24H2,1-8H3,(H,48,56)(H,49,52,55)(H2,50,51,57);1H/t27-,28-;/m0./s1. The maximum atomic E-state index is 14.3. The van der Waals surface area contributed by atoms with Crippen molar-refractivity contribution in [1.29, 1.82) is 0 Å². The molecule has 0 fully saturated rings. The van der Waals surface area contributed by atoms with Gasteiger partial charge in [-0.2, -0.15) is 0 Å². The SMILES string of the molecule is COc1ccc(COC(=O)NC(=O)c2cc3c(Oc4ccc(NC(=O)Oc5ccccc5)c(Cl)c4)ccnc3cc2OC)cc1OP(=O)(N[C@@H](C)C(=O)OC(C)C)N[C@@H](C)C(=O)OC(C)C.Cl. The third-order valence-electron chi connectivity index (χ3n) is 8.80. The molecule has 0 saturated carbocycles. The van der Waals surface area contributed by atoms with Crippen LogP contribution >= 0.6 is 31.7 Å². The van der Waals surface area contributed by atoms with E-state index >= 15 is 0 Å². The van der Waals surface area contributed by atoms with Gasteiger partial charge in [-0.15, -0.1) is 12.4 Å². The van der Waals surface area contributed by atoms with Gasteiger partial charge in [-0.3, -0.25) is 30.0 Å². The number of fused-ring (bicyclic) bond motifs is 1. The Morgan fingerprint density at radius 1 is 0.701 bits per heavy atom. The largest absolute Gasteiger partial charge is 0.496 e. The number of hydrogen-bond acceptors (Lipinski definition) is 15. The van der Waals surface area contributed by atoms with Gasteiger partial charge in [0.1, 0.15) is 41.7 Å². The molecule has 4 aromatic carbocycles. The molecule has 0 aliphatic heterocycles. The van der Waals surface area contributed by atoms with Crippen molar-refractivity contribution in [3.8, 4) is 34.5 Å². The van der Waals surface area contributed by atoms with Gasteiger partial charge < -0.3 is 37.7 Å². The molecule has 3 amide bonds. The van der Waals surface area contributed by atoms with Gasteiger partial charge in [0.2, 0.25) is 0 Å². The van der Waals surface area contributed by atoms with E-state index in [1.807, 2.05) is 0 Å². The lowest BCUT2D eigenvalue weighted by Crippen LogP contribution is -2.43. The van der Waals surface area contributed by atoms with Crippen molar-refractivity contribution in [3.05, 3.63) is 107 Å². The molecule has 1 aromatic heterocycles. The molecule has 0 unspecified atom stereocenters. The van der Waals surface area contributed by atoms with Gasteiger partial charge in [0.05, 0.1) is 48.2 Å². The van der Waals surface area contributed by atoms with Crippen LogP contribution in [0.15, 0.2) is 91.1 Å². The number of ether oxygens (including phenoxy) is 7. The monoisotopic (exact) mass is 985 g/mol. The summed E-state index contributed by atoms with van der Waals surface area (Å²) in [4.78, 5) is 68.8. The van der Waals surface area contributed by atoms with Gasteiger partial charge in [0.25, 0.3) is 5.91 Å². The molecule has 0 radical (unpaired) electrons. The highest BCUT2D eigenvalue weighted by Crippen LogP contribution is 2.44. The highest BCUT2D eigenvalue weighted by Gasteiger charge is 2.36. The number of halogens is 2. The van der Waals surface area contributed by atoms with Crippen LogP contribution < -0.4 is 44.3 Å². The summed E-state index contributed by atoms with van der Waals surface area (Å²) >= 11 is 6.47. The van der Waals surface area contributed by atoms with Crippen LogP contribution in [0, 0.1) is 0 Å². The number of rotatable bonds is 19. The zero-order chi connectivity index (χ0) is 48.1. The van der Waals surface area contributed by atoms with Crippen LogP contribution in [0.2, 0.25) is 5.02 Å². The molecule has 4 N–H and O–H groups in total. The topological polar surface area (TPSA) is 237 Å². The number of hydrogen-bond donors (Lipinski definition) is 4. The number of aromatic nitrogens is 1. The smallest absolute Gasteiger partial charge is 0.417 e. The van der Waals surface area contributed by atoms with E-state index in [9.17, 15) is 28.5 Å². The number of carbonyl (C=O) groups excluding carboxylic acids is 5. The van der Waals surface area contributed by atoms with E-state index in [0.717, 1.165) is 0 Å². The summed E-state index contributed by atoms with van der Waals surface area (Å²) in [5, 5.41) is 10.5. The summed E-state index contributed by atoms with van der Waals surface area (Å²) in [6.45, 7) is 9.00. The number of carbonyl (C=O) groups is 5. The molecule has 2 atom stereocenters. The van der Waals surface area contributed by atoms with Crippen molar-refractivity contribution in [1.82, 2.24) is 20.5 Å². The fraction of sp³-hybridized carbons (Fsp3) is 0.289. The Bertz CT molecular complexity index is 2590. The Labute approximate surface area is 397 Å². The second-order valence-electron chi connectivity index (χ2n) is 14.8. The molecule has 358 valence electrons. The number of para-hydroxylation sites is 1. The maximum Gasteiger partial charge on any atom is 0.417 e. The van der Waals surface area contributed by atoms with Crippen LogP contribution in [0.25, 0.3) is 10.9 Å². The number of pyridine rings is 1. The molecule has 1 heterocycles. The second-order valence-corrected chi connectivity index (χ2v) is 17.0. The number of methoxy groups -OCH3 is 2. The van der Waals surface area contributed by atoms with Crippen LogP contribution in [0.4, 0.5) is 15.3 Å². The fourth-order valence-corrected chi connectivity index (χ4v) is 7.89. The molecule has 67 heavy (non-hydrogen) atoms. The van der Waals surface area contributed by atoms with Crippen molar-refractivity contribution >= 4 is 78.3 Å². The maximum absolute atomic E-state index is 14.3. The van der Waals surface area contributed by atoms with Crippen molar-refractivity contribution in [2.24, 2.45) is 0 Å². The Balaban J connectivity index is 0.00000980. The van der Waals surface area contributed by atoms with Crippen molar-refractivity contribution in [2.75, 3.05) is 19.5 Å². The summed E-state index contributed by atoms with van der Waals surface area (Å²) in [6.07, 6.45) is -1.34. The highest BCUT2D eigenvalue weighted by molar-refractivity contribution is 7.55. The van der Waals surface area contributed by atoms with Gasteiger partial charge in [-0.05, 0) is 95.6 Å². The molecule has 0 spiro atoms. The Kier molecular flexibility index (Phi) is 19.2. The van der Waals surface area contributed by atoms with Crippen LogP contribution in [0.1, 0.15) is 57.5 Å². The van der Waals surface area contributed by atoms with E-state index in [1.165, 1.54) is 76.7 Å². The van der Waals surface area contributed by atoms with Gasteiger partial charge in [0, 0.05) is 23.7 Å². The zero-order valence-electron chi connectivity index (χ0n) is 37.6. The number of nitrogens with one attached hydrogen (secondary N) is 4. The molecule has 5 aromatic rings. The normalized spacial score (nSPS) is 11.9. The summed E-state index contributed by atoms with van der Waals surface area (Å²) in [7, 11) is -1.69. The molecule has 0 bridgehead atoms. The van der Waals surface area contributed by atoms with E-state index in [1.54, 1.807) is 70.2 Å². The highest BCUT2D eigenvalue weighted by atomic mass is 35.5. The van der Waals surface area contributed by atoms with E-state index < -0.39 is 68.6 Å². The molecule has 0 aliphatic carbocycles. The van der Waals surface area contributed by atoms with E-state index in [4.69, 9.17) is 49.3 Å². The number of alkyl carbamates (subject to hydrolysis) is 1. The predicted octanol–water partition coefficient (Wildman–Crippen LogP) is 9.14. The minimum absolute atomic E-state index is 0. The molecule has 22 heteroatoms. The first kappa shape index (κ1) is 53.0.